The van der Waals surface area contributed by atoms with Crippen LogP contribution < -0.4 is 9.47 Å². The molecule has 2 heteroatoms. The fraction of sp³-hybridized carbons (Fsp3) is 0.625. The minimum Gasteiger partial charge on any atom is -0.496 e. The molecule has 0 saturated heterocycles. The summed E-state index contributed by atoms with van der Waals surface area (Å²) < 4.78 is 11.1. The molecular weight excluding hydrogens is 224 g/mol. The van der Waals surface area contributed by atoms with Gasteiger partial charge in [0.25, 0.3) is 0 Å². The third-order valence-electron chi connectivity index (χ3n) is 4.23. The molecule has 0 heterocycles. The van der Waals surface area contributed by atoms with Crippen molar-refractivity contribution in [1.82, 2.24) is 0 Å². The van der Waals surface area contributed by atoms with E-state index in [4.69, 9.17) is 9.47 Å². The summed E-state index contributed by atoms with van der Waals surface area (Å²) in [6.07, 6.45) is 2.48. The van der Waals surface area contributed by atoms with Gasteiger partial charge >= 0.3 is 0 Å². The Labute approximate surface area is 110 Å². The van der Waals surface area contributed by atoms with Crippen molar-refractivity contribution in [2.45, 2.75) is 45.4 Å². The Bertz CT molecular complexity index is 423. The van der Waals surface area contributed by atoms with Gasteiger partial charge in [-0.3, -0.25) is 0 Å². The van der Waals surface area contributed by atoms with Gasteiger partial charge in [0.2, 0.25) is 0 Å². The van der Waals surface area contributed by atoms with E-state index < -0.39 is 0 Å². The summed E-state index contributed by atoms with van der Waals surface area (Å²) in [7, 11) is 3.52. The second-order valence-electron chi connectivity index (χ2n) is 5.63. The van der Waals surface area contributed by atoms with Gasteiger partial charge in [0, 0.05) is 11.1 Å². The third kappa shape index (κ3) is 2.09. The number of methoxy groups -OCH3 is 2. The highest BCUT2D eigenvalue weighted by Crippen LogP contribution is 2.49. The van der Waals surface area contributed by atoms with E-state index in [9.17, 15) is 0 Å². The molecule has 0 unspecified atom stereocenters. The number of hydrogen-bond acceptors (Lipinski definition) is 2. The number of benzene rings is 1. The maximum absolute atomic E-state index is 5.59. The van der Waals surface area contributed by atoms with Crippen LogP contribution >= 0.6 is 0 Å². The zero-order chi connectivity index (χ0) is 13.3. The molecule has 2 atom stereocenters. The first-order chi connectivity index (χ1) is 8.60. The topological polar surface area (TPSA) is 18.5 Å². The van der Waals surface area contributed by atoms with E-state index in [-0.39, 0.29) is 0 Å². The SMILES string of the molecule is COc1ccc(OC)c2c1[C@H](C(C)C)CC[C@@H]2C. The van der Waals surface area contributed by atoms with Gasteiger partial charge in [-0.2, -0.15) is 0 Å². The second-order valence-corrected chi connectivity index (χ2v) is 5.63. The van der Waals surface area contributed by atoms with E-state index in [0.717, 1.165) is 11.5 Å². The highest BCUT2D eigenvalue weighted by molar-refractivity contribution is 5.53. The smallest absolute Gasteiger partial charge is 0.122 e. The molecular formula is C16H24O2. The minimum absolute atomic E-state index is 0.556. The van der Waals surface area contributed by atoms with Crippen molar-refractivity contribution in [2.24, 2.45) is 5.92 Å². The van der Waals surface area contributed by atoms with E-state index in [0.29, 0.717) is 17.8 Å². The first kappa shape index (κ1) is 13.3. The van der Waals surface area contributed by atoms with Crippen LogP contribution in [0.25, 0.3) is 0 Å². The second kappa shape index (κ2) is 5.21. The van der Waals surface area contributed by atoms with Gasteiger partial charge in [-0.1, -0.05) is 20.8 Å². The lowest BCUT2D eigenvalue weighted by molar-refractivity contribution is 0.349. The molecule has 0 spiro atoms. The summed E-state index contributed by atoms with van der Waals surface area (Å²) in [4.78, 5) is 0. The van der Waals surface area contributed by atoms with Crippen LogP contribution in [0.1, 0.15) is 56.6 Å². The molecule has 0 N–H and O–H groups in total. The molecule has 0 aliphatic heterocycles. The average molecular weight is 248 g/mol. The highest BCUT2D eigenvalue weighted by atomic mass is 16.5. The van der Waals surface area contributed by atoms with Crippen LogP contribution in [0.4, 0.5) is 0 Å². The van der Waals surface area contributed by atoms with Crippen LogP contribution in [0.3, 0.4) is 0 Å². The van der Waals surface area contributed by atoms with Crippen LogP contribution in [0.5, 0.6) is 11.5 Å². The number of fused-ring (bicyclic) bond motifs is 1. The predicted octanol–water partition coefficient (Wildman–Crippen LogP) is 4.34. The molecule has 0 amide bonds. The summed E-state index contributed by atoms with van der Waals surface area (Å²) in [5.41, 5.74) is 2.74. The average Bonchev–Trinajstić information content (AvgIpc) is 2.37. The van der Waals surface area contributed by atoms with Gasteiger partial charge < -0.3 is 9.47 Å². The maximum atomic E-state index is 5.59. The van der Waals surface area contributed by atoms with Gasteiger partial charge in [-0.15, -0.1) is 0 Å². The van der Waals surface area contributed by atoms with Crippen molar-refractivity contribution in [2.75, 3.05) is 14.2 Å². The number of hydrogen-bond donors (Lipinski definition) is 0. The molecule has 0 bridgehead atoms. The van der Waals surface area contributed by atoms with E-state index in [1.54, 1.807) is 14.2 Å². The molecule has 1 aromatic rings. The van der Waals surface area contributed by atoms with Crippen molar-refractivity contribution in [3.05, 3.63) is 23.3 Å². The van der Waals surface area contributed by atoms with E-state index in [1.807, 2.05) is 12.1 Å². The molecule has 0 radical (unpaired) electrons. The van der Waals surface area contributed by atoms with Crippen molar-refractivity contribution < 1.29 is 9.47 Å². The van der Waals surface area contributed by atoms with E-state index >= 15 is 0 Å². The lowest BCUT2D eigenvalue weighted by atomic mass is 9.72. The minimum atomic E-state index is 0.556. The fourth-order valence-electron chi connectivity index (χ4n) is 3.23. The molecule has 1 aliphatic rings. The van der Waals surface area contributed by atoms with Crippen molar-refractivity contribution in [3.63, 3.8) is 0 Å². The first-order valence-corrected chi connectivity index (χ1v) is 6.84. The van der Waals surface area contributed by atoms with Crippen LogP contribution in [-0.2, 0) is 0 Å². The molecule has 0 fully saturated rings. The maximum Gasteiger partial charge on any atom is 0.122 e. The van der Waals surface area contributed by atoms with Gasteiger partial charge in [0.05, 0.1) is 14.2 Å². The molecule has 2 nitrogen and oxygen atoms in total. The summed E-state index contributed by atoms with van der Waals surface area (Å²) in [5, 5.41) is 0. The Morgan fingerprint density at radius 2 is 1.56 bits per heavy atom. The largest absolute Gasteiger partial charge is 0.496 e. The zero-order valence-corrected chi connectivity index (χ0v) is 12.1. The van der Waals surface area contributed by atoms with E-state index in [2.05, 4.69) is 20.8 Å². The molecule has 2 rings (SSSR count). The molecule has 1 aliphatic carbocycles. The highest BCUT2D eigenvalue weighted by Gasteiger charge is 2.32. The summed E-state index contributed by atoms with van der Waals surface area (Å²) >= 11 is 0. The van der Waals surface area contributed by atoms with E-state index in [1.165, 1.54) is 24.0 Å². The quantitative estimate of drug-likeness (QED) is 0.792. The Balaban J connectivity index is 2.63. The van der Waals surface area contributed by atoms with Crippen molar-refractivity contribution in [1.29, 1.82) is 0 Å². The van der Waals surface area contributed by atoms with Gasteiger partial charge in [0.15, 0.2) is 0 Å². The lowest BCUT2D eigenvalue weighted by Crippen LogP contribution is -2.19. The molecule has 100 valence electrons. The Morgan fingerprint density at radius 1 is 1.00 bits per heavy atom. The molecule has 0 aromatic heterocycles. The number of rotatable bonds is 3. The Morgan fingerprint density at radius 3 is 2.06 bits per heavy atom. The Kier molecular flexibility index (Phi) is 3.84. The predicted molar refractivity (Wildman–Crippen MR) is 74.8 cm³/mol. The normalized spacial score (nSPS) is 22.8. The van der Waals surface area contributed by atoms with Crippen LogP contribution in [0.15, 0.2) is 12.1 Å². The van der Waals surface area contributed by atoms with Gasteiger partial charge in [-0.25, -0.2) is 0 Å². The first-order valence-electron chi connectivity index (χ1n) is 6.84. The van der Waals surface area contributed by atoms with Gasteiger partial charge in [-0.05, 0) is 42.7 Å². The van der Waals surface area contributed by atoms with Crippen molar-refractivity contribution >= 4 is 0 Å². The summed E-state index contributed by atoms with van der Waals surface area (Å²) in [5.74, 6) is 3.82. The van der Waals surface area contributed by atoms with Crippen LogP contribution in [0.2, 0.25) is 0 Å². The summed E-state index contributed by atoms with van der Waals surface area (Å²) in [6, 6.07) is 4.09. The Hall–Kier alpha value is -1.18. The summed E-state index contributed by atoms with van der Waals surface area (Å²) in [6.45, 7) is 6.88. The zero-order valence-electron chi connectivity index (χ0n) is 12.1. The number of ether oxygens (including phenoxy) is 2. The van der Waals surface area contributed by atoms with Gasteiger partial charge in [0.1, 0.15) is 11.5 Å². The fourth-order valence-corrected chi connectivity index (χ4v) is 3.23. The standard InChI is InChI=1S/C16H24O2/c1-10(2)12-7-6-11(3)15-13(17-4)8-9-14(18-5)16(12)15/h8-12H,6-7H2,1-5H3/t11-,12-/m0/s1. The van der Waals surface area contributed by atoms with Crippen LogP contribution in [-0.4, -0.2) is 14.2 Å². The molecule has 1 aromatic carbocycles. The lowest BCUT2D eigenvalue weighted by Gasteiger charge is -2.34. The third-order valence-corrected chi connectivity index (χ3v) is 4.23. The molecule has 0 saturated carbocycles. The monoisotopic (exact) mass is 248 g/mol. The van der Waals surface area contributed by atoms with Crippen molar-refractivity contribution in [3.8, 4) is 11.5 Å². The van der Waals surface area contributed by atoms with Crippen LogP contribution in [0, 0.1) is 5.92 Å². The molecule has 18 heavy (non-hydrogen) atoms.